The maximum Gasteiger partial charge on any atom is 0.353 e. The highest BCUT2D eigenvalue weighted by Crippen LogP contribution is 2.11. The van der Waals surface area contributed by atoms with Gasteiger partial charge in [-0.1, -0.05) is 12.1 Å². The van der Waals surface area contributed by atoms with Crippen LogP contribution >= 0.6 is 0 Å². The third kappa shape index (κ3) is 2.72. The van der Waals surface area contributed by atoms with E-state index in [1.807, 2.05) is 0 Å². The highest BCUT2D eigenvalue weighted by molar-refractivity contribution is 5.71. The zero-order chi connectivity index (χ0) is 9.68. The van der Waals surface area contributed by atoms with E-state index in [0.717, 1.165) is 0 Å². The normalized spacial score (nSPS) is 9.38. The van der Waals surface area contributed by atoms with Crippen LogP contribution in [0.1, 0.15) is 5.56 Å². The summed E-state index contributed by atoms with van der Waals surface area (Å²) in [7, 11) is 0. The van der Waals surface area contributed by atoms with Crippen molar-refractivity contribution in [2.45, 2.75) is 6.42 Å². The Balaban J connectivity index is 2.64. The molecule has 0 fully saturated rings. The molecule has 0 atom stereocenters. The Kier molecular flexibility index (Phi) is 3.22. The minimum Gasteiger partial charge on any atom is -0.340 e. The van der Waals surface area contributed by atoms with Crippen LogP contribution in [0, 0.1) is 0 Å². The molecular formula is C8H7FO4. The Bertz CT molecular complexity index is 283. The minimum absolute atomic E-state index is 0.151. The van der Waals surface area contributed by atoms with Crippen molar-refractivity contribution in [3.05, 3.63) is 29.8 Å². The molecule has 13 heavy (non-hydrogen) atoms. The van der Waals surface area contributed by atoms with E-state index >= 15 is 0 Å². The van der Waals surface area contributed by atoms with E-state index in [0.29, 0.717) is 5.56 Å². The molecule has 0 bridgehead atoms. The van der Waals surface area contributed by atoms with Crippen molar-refractivity contribution >= 4 is 5.97 Å². The highest BCUT2D eigenvalue weighted by Gasteiger charge is 2.04. The molecule has 4 nitrogen and oxygen atoms in total. The van der Waals surface area contributed by atoms with Crippen molar-refractivity contribution < 1.29 is 24.4 Å². The second kappa shape index (κ2) is 4.42. The number of hydrogen-bond donors (Lipinski definition) is 1. The number of carbonyl (C=O) groups is 1. The van der Waals surface area contributed by atoms with Gasteiger partial charge in [0.15, 0.2) is 5.75 Å². The van der Waals surface area contributed by atoms with Gasteiger partial charge in [0.25, 0.3) is 0 Å². The van der Waals surface area contributed by atoms with Crippen molar-refractivity contribution in [2.75, 3.05) is 0 Å². The van der Waals surface area contributed by atoms with Crippen LogP contribution in [-0.2, 0) is 16.2 Å². The molecule has 1 N–H and O–H groups in total. The van der Waals surface area contributed by atoms with Gasteiger partial charge in [-0.25, -0.2) is 10.1 Å². The molecular weight excluding hydrogens is 179 g/mol. The van der Waals surface area contributed by atoms with Gasteiger partial charge >= 0.3 is 5.97 Å². The van der Waals surface area contributed by atoms with Crippen LogP contribution in [0.2, 0.25) is 0 Å². The molecule has 0 saturated carbocycles. The Labute approximate surface area is 73.3 Å². The molecule has 0 aliphatic rings. The maximum absolute atomic E-state index is 11.3. The fourth-order valence-electron chi connectivity index (χ4n) is 0.862. The van der Waals surface area contributed by atoms with Crippen molar-refractivity contribution in [1.29, 1.82) is 0 Å². The van der Waals surface area contributed by atoms with E-state index in [1.165, 1.54) is 24.3 Å². The Morgan fingerprint density at radius 3 is 2.46 bits per heavy atom. The first-order valence-electron chi connectivity index (χ1n) is 3.48. The van der Waals surface area contributed by atoms with Crippen molar-refractivity contribution in [1.82, 2.24) is 0 Å². The van der Waals surface area contributed by atoms with Crippen LogP contribution < -0.4 is 4.89 Å². The third-order valence-corrected chi connectivity index (χ3v) is 1.46. The Morgan fingerprint density at radius 2 is 2.00 bits per heavy atom. The van der Waals surface area contributed by atoms with Gasteiger partial charge < -0.3 is 4.89 Å². The molecule has 0 amide bonds. The average molecular weight is 186 g/mol. The maximum atomic E-state index is 11.3. The van der Waals surface area contributed by atoms with Crippen molar-refractivity contribution in [2.24, 2.45) is 0 Å². The summed E-state index contributed by atoms with van der Waals surface area (Å²) in [6.45, 7) is 0. The van der Waals surface area contributed by atoms with Gasteiger partial charge in [-0.3, -0.25) is 4.94 Å². The lowest BCUT2D eigenvalue weighted by molar-refractivity contribution is -0.182. The van der Waals surface area contributed by atoms with E-state index in [9.17, 15) is 9.32 Å². The second-order valence-corrected chi connectivity index (χ2v) is 2.36. The van der Waals surface area contributed by atoms with Gasteiger partial charge in [0.2, 0.25) is 0 Å². The zero-order valence-corrected chi connectivity index (χ0v) is 6.57. The summed E-state index contributed by atoms with van der Waals surface area (Å²) in [5.41, 5.74) is 0.573. The fraction of sp³-hybridized carbons (Fsp3) is 0.125. The average Bonchev–Trinajstić information content (AvgIpc) is 2.19. The largest absolute Gasteiger partial charge is 0.353 e. The quantitative estimate of drug-likeness (QED) is 0.574. The van der Waals surface area contributed by atoms with Crippen LogP contribution in [0.4, 0.5) is 4.53 Å². The first-order valence-corrected chi connectivity index (χ1v) is 3.48. The molecule has 0 aromatic heterocycles. The van der Waals surface area contributed by atoms with E-state index in [2.05, 4.69) is 9.83 Å². The first-order chi connectivity index (χ1) is 6.26. The lowest BCUT2D eigenvalue weighted by Crippen LogP contribution is -2.01. The van der Waals surface area contributed by atoms with E-state index in [-0.39, 0.29) is 12.2 Å². The first kappa shape index (κ1) is 9.47. The molecule has 0 heterocycles. The van der Waals surface area contributed by atoms with Gasteiger partial charge in [0.1, 0.15) is 0 Å². The Morgan fingerprint density at radius 1 is 1.38 bits per heavy atom. The smallest absolute Gasteiger partial charge is 0.340 e. The van der Waals surface area contributed by atoms with Gasteiger partial charge in [0, 0.05) is 4.53 Å². The molecule has 0 spiro atoms. The highest BCUT2D eigenvalue weighted by atomic mass is 19.3. The molecule has 0 saturated heterocycles. The lowest BCUT2D eigenvalue weighted by Gasteiger charge is -1.98. The molecule has 1 aromatic rings. The van der Waals surface area contributed by atoms with Crippen LogP contribution in [0.25, 0.3) is 0 Å². The molecule has 0 unspecified atom stereocenters. The second-order valence-electron chi connectivity index (χ2n) is 2.36. The SMILES string of the molecule is O=C(Cc1ccc(OO)cc1)OF. The number of benzene rings is 1. The zero-order valence-electron chi connectivity index (χ0n) is 6.57. The summed E-state index contributed by atoms with van der Waals surface area (Å²) in [6, 6.07) is 5.92. The van der Waals surface area contributed by atoms with Gasteiger partial charge in [-0.15, -0.1) is 0 Å². The van der Waals surface area contributed by atoms with Gasteiger partial charge in [-0.05, 0) is 17.7 Å². The molecule has 70 valence electrons. The summed E-state index contributed by atoms with van der Waals surface area (Å²) < 4.78 is 11.3. The molecule has 0 aliphatic heterocycles. The summed E-state index contributed by atoms with van der Waals surface area (Å²) in [5, 5.41) is 8.20. The molecule has 5 heteroatoms. The monoisotopic (exact) mass is 186 g/mol. The van der Waals surface area contributed by atoms with Crippen LogP contribution in [0.5, 0.6) is 5.75 Å². The summed E-state index contributed by atoms with van der Waals surface area (Å²) in [5.74, 6) is -0.713. The van der Waals surface area contributed by atoms with Crippen LogP contribution in [-0.4, -0.2) is 11.2 Å². The van der Waals surface area contributed by atoms with Crippen LogP contribution in [0.3, 0.4) is 0 Å². The third-order valence-electron chi connectivity index (χ3n) is 1.46. The van der Waals surface area contributed by atoms with E-state index in [1.54, 1.807) is 0 Å². The standard InChI is InChI=1S/C8H7FO4/c9-12-8(10)5-6-1-3-7(13-11)4-2-6/h1-4,11H,5H2. The predicted octanol–water partition coefficient (Wildman–Crippen LogP) is 1.51. The molecule has 0 aliphatic carbocycles. The molecule has 0 radical (unpaired) electrons. The summed E-state index contributed by atoms with van der Waals surface area (Å²) >= 11 is 0. The minimum atomic E-state index is -0.960. The Hall–Kier alpha value is -1.62. The lowest BCUT2D eigenvalue weighted by atomic mass is 10.1. The number of rotatable bonds is 3. The van der Waals surface area contributed by atoms with Crippen molar-refractivity contribution in [3.63, 3.8) is 0 Å². The predicted molar refractivity (Wildman–Crippen MR) is 40.6 cm³/mol. The number of halogens is 1. The van der Waals surface area contributed by atoms with Gasteiger partial charge in [0.05, 0.1) is 6.42 Å². The van der Waals surface area contributed by atoms with Crippen LogP contribution in [0.15, 0.2) is 24.3 Å². The van der Waals surface area contributed by atoms with Crippen molar-refractivity contribution in [3.8, 4) is 5.75 Å². The number of carbonyl (C=O) groups excluding carboxylic acids is 1. The summed E-state index contributed by atoms with van der Waals surface area (Å²) in [6.07, 6.45) is -0.151. The topological polar surface area (TPSA) is 55.8 Å². The summed E-state index contributed by atoms with van der Waals surface area (Å²) in [4.78, 5) is 17.4. The molecule has 1 rings (SSSR count). The molecule has 1 aromatic carbocycles. The van der Waals surface area contributed by atoms with Gasteiger partial charge in [-0.2, -0.15) is 0 Å². The number of hydrogen-bond acceptors (Lipinski definition) is 4. The van der Waals surface area contributed by atoms with E-state index in [4.69, 9.17) is 5.26 Å². The van der Waals surface area contributed by atoms with E-state index < -0.39 is 5.97 Å². The fourth-order valence-corrected chi connectivity index (χ4v) is 0.862.